The molecule has 4 atom stereocenters. The third kappa shape index (κ3) is 6.90. The summed E-state index contributed by atoms with van der Waals surface area (Å²) in [7, 11) is 3.19. The van der Waals surface area contributed by atoms with E-state index in [2.05, 4.69) is 5.32 Å². The number of likely N-dealkylation sites (tertiary alicyclic amines) is 1. The lowest BCUT2D eigenvalue weighted by Gasteiger charge is -2.48. The van der Waals surface area contributed by atoms with Crippen LogP contribution in [0.2, 0.25) is 0 Å². The third-order valence-electron chi connectivity index (χ3n) is 9.20. The standard InChI is InChI=1S/C34H44N2O6/c1-40-25-19-26(41-2)21-27(20-25)42-22-23-15-17-24(18-16-23)32(37)35-30-13-9-5-3-7-11-28(30)33(38)36-31-14-10-6-4-8-12-29(31)34(36)39/h15-21,28-31H,3-14,22H2,1-2H3,(H,35,37)/t28-,29-,30+,31+/m1/s1. The van der Waals surface area contributed by atoms with Crippen LogP contribution in [0.3, 0.4) is 0 Å². The minimum atomic E-state index is -0.364. The summed E-state index contributed by atoms with van der Waals surface area (Å²) in [6.45, 7) is 0.323. The highest BCUT2D eigenvalue weighted by molar-refractivity contribution is 6.03. The number of benzene rings is 2. The summed E-state index contributed by atoms with van der Waals surface area (Å²) < 4.78 is 16.5. The van der Waals surface area contributed by atoms with Gasteiger partial charge in [0.2, 0.25) is 11.8 Å². The molecular formula is C34H44N2O6. The van der Waals surface area contributed by atoms with Crippen LogP contribution in [0, 0.1) is 11.8 Å². The van der Waals surface area contributed by atoms with Gasteiger partial charge in [-0.05, 0) is 43.4 Å². The molecular weight excluding hydrogens is 532 g/mol. The number of hydrogen-bond acceptors (Lipinski definition) is 6. The lowest BCUT2D eigenvalue weighted by Crippen LogP contribution is -2.65. The molecule has 1 saturated heterocycles. The monoisotopic (exact) mass is 576 g/mol. The Morgan fingerprint density at radius 3 is 2.05 bits per heavy atom. The molecule has 1 heterocycles. The van der Waals surface area contributed by atoms with E-state index in [0.717, 1.165) is 63.4 Å². The van der Waals surface area contributed by atoms with Crippen LogP contribution in [-0.4, -0.2) is 48.9 Å². The first-order chi connectivity index (χ1) is 20.5. The number of hydrogen-bond donors (Lipinski definition) is 1. The van der Waals surface area contributed by atoms with E-state index in [-0.39, 0.29) is 41.6 Å². The van der Waals surface area contributed by atoms with E-state index in [4.69, 9.17) is 14.2 Å². The van der Waals surface area contributed by atoms with Gasteiger partial charge in [0, 0.05) is 29.8 Å². The molecule has 1 N–H and O–H groups in total. The second-order valence-corrected chi connectivity index (χ2v) is 11.9. The quantitative estimate of drug-likeness (QED) is 0.303. The molecule has 2 aromatic rings. The van der Waals surface area contributed by atoms with Crippen LogP contribution in [0.25, 0.3) is 0 Å². The predicted molar refractivity (Wildman–Crippen MR) is 160 cm³/mol. The highest BCUT2D eigenvalue weighted by Crippen LogP contribution is 2.39. The van der Waals surface area contributed by atoms with Crippen molar-refractivity contribution in [1.82, 2.24) is 10.2 Å². The highest BCUT2D eigenvalue weighted by Gasteiger charge is 2.51. The minimum absolute atomic E-state index is 0.00392. The van der Waals surface area contributed by atoms with E-state index in [9.17, 15) is 14.4 Å². The van der Waals surface area contributed by atoms with Crippen molar-refractivity contribution < 1.29 is 28.6 Å². The van der Waals surface area contributed by atoms with Crippen molar-refractivity contribution in [3.63, 3.8) is 0 Å². The lowest BCUT2D eigenvalue weighted by molar-refractivity contribution is -0.170. The summed E-state index contributed by atoms with van der Waals surface area (Å²) in [4.78, 5) is 41.9. The van der Waals surface area contributed by atoms with Crippen molar-refractivity contribution in [2.24, 2.45) is 11.8 Å². The summed E-state index contributed by atoms with van der Waals surface area (Å²) in [5, 5.41) is 3.19. The van der Waals surface area contributed by atoms with Crippen LogP contribution in [0.15, 0.2) is 42.5 Å². The van der Waals surface area contributed by atoms with Crippen molar-refractivity contribution in [3.05, 3.63) is 53.6 Å². The Bertz CT molecular complexity index is 1220. The topological polar surface area (TPSA) is 94.2 Å². The third-order valence-corrected chi connectivity index (χ3v) is 9.20. The number of rotatable bonds is 8. The number of β-lactam (4-membered cyclic amide) rings is 1. The molecule has 0 bridgehead atoms. The molecule has 3 amide bonds. The summed E-state index contributed by atoms with van der Waals surface area (Å²) in [5.41, 5.74) is 1.45. The Morgan fingerprint density at radius 1 is 0.786 bits per heavy atom. The van der Waals surface area contributed by atoms with Gasteiger partial charge in [-0.2, -0.15) is 0 Å². The fourth-order valence-electron chi connectivity index (χ4n) is 6.76. The van der Waals surface area contributed by atoms with Crippen LogP contribution in [0.4, 0.5) is 0 Å². The van der Waals surface area contributed by atoms with Crippen molar-refractivity contribution in [1.29, 1.82) is 0 Å². The molecule has 8 nitrogen and oxygen atoms in total. The fourth-order valence-corrected chi connectivity index (χ4v) is 6.76. The van der Waals surface area contributed by atoms with Gasteiger partial charge < -0.3 is 19.5 Å². The number of fused-ring (bicyclic) bond motifs is 1. The zero-order valence-electron chi connectivity index (χ0n) is 24.9. The number of ether oxygens (including phenoxy) is 3. The molecule has 226 valence electrons. The first-order valence-corrected chi connectivity index (χ1v) is 15.6. The highest BCUT2D eigenvalue weighted by atomic mass is 16.5. The van der Waals surface area contributed by atoms with Crippen LogP contribution < -0.4 is 19.5 Å². The first kappa shape index (κ1) is 29.9. The van der Waals surface area contributed by atoms with Gasteiger partial charge in [0.05, 0.1) is 32.1 Å². The van der Waals surface area contributed by atoms with Crippen molar-refractivity contribution in [2.75, 3.05) is 14.2 Å². The summed E-state index contributed by atoms with van der Waals surface area (Å²) in [6.07, 6.45) is 11.8. The minimum Gasteiger partial charge on any atom is -0.496 e. The van der Waals surface area contributed by atoms with E-state index >= 15 is 0 Å². The maximum atomic E-state index is 13.9. The average molecular weight is 577 g/mol. The molecule has 42 heavy (non-hydrogen) atoms. The Balaban J connectivity index is 1.22. The number of imide groups is 1. The second-order valence-electron chi connectivity index (χ2n) is 11.9. The molecule has 5 rings (SSSR count). The predicted octanol–water partition coefficient (Wildman–Crippen LogP) is 6.06. The largest absolute Gasteiger partial charge is 0.496 e. The summed E-state index contributed by atoms with van der Waals surface area (Å²) in [6, 6.07) is 12.5. The van der Waals surface area contributed by atoms with Gasteiger partial charge in [0.15, 0.2) is 0 Å². The van der Waals surface area contributed by atoms with Crippen molar-refractivity contribution in [2.45, 2.75) is 95.7 Å². The van der Waals surface area contributed by atoms with Gasteiger partial charge in [-0.1, -0.05) is 63.5 Å². The molecule has 2 saturated carbocycles. The number of carbonyl (C=O) groups is 3. The number of amides is 3. The van der Waals surface area contributed by atoms with Gasteiger partial charge in [0.25, 0.3) is 5.91 Å². The van der Waals surface area contributed by atoms with Crippen molar-refractivity contribution in [3.8, 4) is 17.2 Å². The van der Waals surface area contributed by atoms with E-state index in [0.29, 0.717) is 35.8 Å². The van der Waals surface area contributed by atoms with Crippen LogP contribution in [0.1, 0.15) is 93.0 Å². The summed E-state index contributed by atoms with van der Waals surface area (Å²) >= 11 is 0. The van der Waals surface area contributed by atoms with E-state index < -0.39 is 0 Å². The Kier molecular flexibility index (Phi) is 10.0. The van der Waals surface area contributed by atoms with Gasteiger partial charge in [-0.25, -0.2) is 0 Å². The van der Waals surface area contributed by atoms with Gasteiger partial charge >= 0.3 is 0 Å². The molecule has 2 aliphatic carbocycles. The molecule has 0 unspecified atom stereocenters. The lowest BCUT2D eigenvalue weighted by atomic mass is 9.76. The van der Waals surface area contributed by atoms with Gasteiger partial charge in [-0.15, -0.1) is 0 Å². The molecule has 1 aliphatic heterocycles. The Labute approximate surface area is 249 Å². The Hall–Kier alpha value is -3.55. The Morgan fingerprint density at radius 2 is 1.38 bits per heavy atom. The number of methoxy groups -OCH3 is 2. The smallest absolute Gasteiger partial charge is 0.251 e. The van der Waals surface area contributed by atoms with E-state index in [1.165, 1.54) is 12.8 Å². The van der Waals surface area contributed by atoms with E-state index in [1.54, 1.807) is 49.5 Å². The molecule has 3 fully saturated rings. The SMILES string of the molecule is COc1cc(OC)cc(OCc2ccc(C(=O)N[C@H]3CCCCCC[C@H]3C(=O)N3C(=O)[C@@H]4CCCCCC[C@@H]43)cc2)c1. The molecule has 0 aromatic heterocycles. The maximum absolute atomic E-state index is 13.9. The van der Waals surface area contributed by atoms with Gasteiger partial charge in [0.1, 0.15) is 23.9 Å². The maximum Gasteiger partial charge on any atom is 0.251 e. The molecule has 8 heteroatoms. The van der Waals surface area contributed by atoms with Gasteiger partial charge in [-0.3, -0.25) is 19.3 Å². The normalized spacial score (nSPS) is 24.5. The first-order valence-electron chi connectivity index (χ1n) is 15.6. The zero-order chi connectivity index (χ0) is 29.5. The average Bonchev–Trinajstić information content (AvgIpc) is 2.98. The molecule has 0 spiro atoms. The second kappa shape index (κ2) is 14.1. The fraction of sp³-hybridized carbons (Fsp3) is 0.559. The van der Waals surface area contributed by atoms with Crippen LogP contribution in [-0.2, 0) is 16.2 Å². The molecule has 2 aromatic carbocycles. The molecule has 3 aliphatic rings. The summed E-state index contributed by atoms with van der Waals surface area (Å²) in [5.74, 6) is 1.29. The zero-order valence-corrected chi connectivity index (χ0v) is 24.9. The van der Waals surface area contributed by atoms with E-state index in [1.807, 2.05) is 12.1 Å². The van der Waals surface area contributed by atoms with Crippen LogP contribution >= 0.6 is 0 Å². The van der Waals surface area contributed by atoms with Crippen LogP contribution in [0.5, 0.6) is 17.2 Å². The molecule has 0 radical (unpaired) electrons. The van der Waals surface area contributed by atoms with Crippen molar-refractivity contribution >= 4 is 17.7 Å². The number of nitrogens with zero attached hydrogens (tertiary/aromatic N) is 1. The number of nitrogens with one attached hydrogen (secondary N) is 1. The number of carbonyl (C=O) groups excluding carboxylic acids is 3.